The van der Waals surface area contributed by atoms with Gasteiger partial charge in [-0.25, -0.2) is 0 Å². The Hall–Kier alpha value is -2.37. The van der Waals surface area contributed by atoms with Crippen molar-refractivity contribution in [3.8, 4) is 0 Å². The fourth-order valence-corrected chi connectivity index (χ4v) is 1.80. The minimum absolute atomic E-state index is 0.106. The lowest BCUT2D eigenvalue weighted by atomic mass is 10.2. The van der Waals surface area contributed by atoms with Gasteiger partial charge < -0.3 is 15.5 Å². The molecule has 0 radical (unpaired) electrons. The smallest absolute Gasteiger partial charge is 0.316 e. The molecule has 0 atom stereocenters. The van der Waals surface area contributed by atoms with E-state index in [0.717, 1.165) is 0 Å². The fourth-order valence-electron chi connectivity index (χ4n) is 1.80. The highest BCUT2D eigenvalue weighted by Crippen LogP contribution is 2.19. The highest BCUT2D eigenvalue weighted by molar-refractivity contribution is 6.40. The fraction of sp³-hybridized carbons (Fsp3) is 0.400. The molecule has 0 aliphatic carbocycles. The number of hydrogen-bond donors (Lipinski definition) is 2. The molecule has 1 aromatic carbocycles. The first-order valence-electron chi connectivity index (χ1n) is 7.03. The number of anilines is 2. The number of hydrogen-bond acceptors (Lipinski definition) is 3. The molecule has 6 nitrogen and oxygen atoms in total. The standard InChI is InChI=1S/C15H21N3O3/c1-4-13(19)17-11-8-7-9-12(10-11)18(6-3)15(21)14(20)16-5-2/h7-10H,4-6H2,1-3H3,(H,16,20)(H,17,19). The summed E-state index contributed by atoms with van der Waals surface area (Å²) in [5, 5.41) is 5.21. The predicted molar refractivity (Wildman–Crippen MR) is 82.1 cm³/mol. The lowest BCUT2D eigenvalue weighted by Gasteiger charge is -2.21. The lowest BCUT2D eigenvalue weighted by Crippen LogP contribution is -2.43. The number of rotatable bonds is 5. The molecule has 1 rings (SSSR count). The van der Waals surface area contributed by atoms with Crippen molar-refractivity contribution in [2.45, 2.75) is 27.2 Å². The largest absolute Gasteiger partial charge is 0.348 e. The van der Waals surface area contributed by atoms with Gasteiger partial charge in [-0.15, -0.1) is 0 Å². The van der Waals surface area contributed by atoms with Crippen LogP contribution in [0, 0.1) is 0 Å². The lowest BCUT2D eigenvalue weighted by molar-refractivity contribution is -0.137. The molecule has 1 aromatic rings. The topological polar surface area (TPSA) is 78.5 Å². The quantitative estimate of drug-likeness (QED) is 0.807. The summed E-state index contributed by atoms with van der Waals surface area (Å²) in [4.78, 5) is 36.5. The van der Waals surface area contributed by atoms with Gasteiger partial charge in [0.05, 0.1) is 0 Å². The van der Waals surface area contributed by atoms with E-state index in [1.807, 2.05) is 0 Å². The van der Waals surface area contributed by atoms with Crippen LogP contribution in [0.15, 0.2) is 24.3 Å². The Kier molecular flexibility index (Phi) is 6.39. The molecule has 114 valence electrons. The van der Waals surface area contributed by atoms with Crippen LogP contribution >= 0.6 is 0 Å². The maximum Gasteiger partial charge on any atom is 0.316 e. The van der Waals surface area contributed by atoms with Gasteiger partial charge in [-0.1, -0.05) is 13.0 Å². The Labute approximate surface area is 124 Å². The van der Waals surface area contributed by atoms with E-state index in [-0.39, 0.29) is 5.91 Å². The maximum absolute atomic E-state index is 12.1. The molecular formula is C15H21N3O3. The van der Waals surface area contributed by atoms with Crippen molar-refractivity contribution in [2.24, 2.45) is 0 Å². The molecule has 2 N–H and O–H groups in total. The van der Waals surface area contributed by atoms with Crippen LogP contribution in [0.3, 0.4) is 0 Å². The van der Waals surface area contributed by atoms with E-state index in [4.69, 9.17) is 0 Å². The van der Waals surface area contributed by atoms with Crippen LogP contribution in [-0.2, 0) is 14.4 Å². The van der Waals surface area contributed by atoms with Gasteiger partial charge in [-0.05, 0) is 32.0 Å². The van der Waals surface area contributed by atoms with Gasteiger partial charge in [0, 0.05) is 30.9 Å². The van der Waals surface area contributed by atoms with Crippen LogP contribution in [0.5, 0.6) is 0 Å². The molecule has 0 fully saturated rings. The van der Waals surface area contributed by atoms with E-state index in [1.54, 1.807) is 45.0 Å². The summed E-state index contributed by atoms with van der Waals surface area (Å²) in [6, 6.07) is 6.87. The van der Waals surface area contributed by atoms with Crippen molar-refractivity contribution in [1.29, 1.82) is 0 Å². The van der Waals surface area contributed by atoms with E-state index in [0.29, 0.717) is 30.9 Å². The monoisotopic (exact) mass is 291 g/mol. The Balaban J connectivity index is 2.95. The van der Waals surface area contributed by atoms with Crippen LogP contribution in [0.25, 0.3) is 0 Å². The van der Waals surface area contributed by atoms with Crippen molar-refractivity contribution >= 4 is 29.1 Å². The Morgan fingerprint density at radius 2 is 1.86 bits per heavy atom. The highest BCUT2D eigenvalue weighted by Gasteiger charge is 2.21. The first-order chi connectivity index (χ1) is 10.0. The zero-order valence-corrected chi connectivity index (χ0v) is 12.6. The zero-order chi connectivity index (χ0) is 15.8. The Bertz CT molecular complexity index is 529. The number of amides is 3. The Morgan fingerprint density at radius 3 is 2.43 bits per heavy atom. The van der Waals surface area contributed by atoms with Crippen molar-refractivity contribution < 1.29 is 14.4 Å². The zero-order valence-electron chi connectivity index (χ0n) is 12.6. The number of nitrogens with one attached hydrogen (secondary N) is 2. The Morgan fingerprint density at radius 1 is 1.14 bits per heavy atom. The second-order valence-electron chi connectivity index (χ2n) is 4.36. The van der Waals surface area contributed by atoms with Gasteiger partial charge in [-0.2, -0.15) is 0 Å². The van der Waals surface area contributed by atoms with Gasteiger partial charge in [0.1, 0.15) is 0 Å². The summed E-state index contributed by atoms with van der Waals surface area (Å²) in [6.07, 6.45) is 0.375. The average molecular weight is 291 g/mol. The SMILES string of the molecule is CCNC(=O)C(=O)N(CC)c1cccc(NC(=O)CC)c1. The third kappa shape index (κ3) is 4.59. The van der Waals surface area contributed by atoms with Gasteiger partial charge in [0.2, 0.25) is 5.91 Å². The van der Waals surface area contributed by atoms with Gasteiger partial charge in [0.25, 0.3) is 0 Å². The molecule has 0 saturated heterocycles. The predicted octanol–water partition coefficient (Wildman–Crippen LogP) is 1.52. The molecule has 3 amide bonds. The van der Waals surface area contributed by atoms with Crippen molar-refractivity contribution in [2.75, 3.05) is 23.3 Å². The molecule has 0 aliphatic heterocycles. The summed E-state index contributed by atoms with van der Waals surface area (Å²) in [6.45, 7) is 6.06. The first kappa shape index (κ1) is 16.7. The third-order valence-electron chi connectivity index (χ3n) is 2.86. The van der Waals surface area contributed by atoms with Gasteiger partial charge >= 0.3 is 11.8 Å². The van der Waals surface area contributed by atoms with Crippen LogP contribution < -0.4 is 15.5 Å². The third-order valence-corrected chi connectivity index (χ3v) is 2.86. The van der Waals surface area contributed by atoms with Crippen LogP contribution in [0.2, 0.25) is 0 Å². The van der Waals surface area contributed by atoms with Crippen molar-refractivity contribution in [1.82, 2.24) is 5.32 Å². The normalized spacial score (nSPS) is 9.86. The van der Waals surface area contributed by atoms with Crippen molar-refractivity contribution in [3.05, 3.63) is 24.3 Å². The highest BCUT2D eigenvalue weighted by atomic mass is 16.2. The summed E-state index contributed by atoms with van der Waals surface area (Å²) in [5.41, 5.74) is 1.17. The first-order valence-corrected chi connectivity index (χ1v) is 7.03. The van der Waals surface area contributed by atoms with E-state index >= 15 is 0 Å². The summed E-state index contributed by atoms with van der Waals surface area (Å²) in [5.74, 6) is -1.36. The summed E-state index contributed by atoms with van der Waals surface area (Å²) >= 11 is 0. The van der Waals surface area contributed by atoms with Gasteiger partial charge in [0.15, 0.2) is 0 Å². The van der Waals surface area contributed by atoms with E-state index in [2.05, 4.69) is 10.6 Å². The van der Waals surface area contributed by atoms with Gasteiger partial charge in [-0.3, -0.25) is 14.4 Å². The summed E-state index contributed by atoms with van der Waals surface area (Å²) < 4.78 is 0. The molecule has 0 saturated carbocycles. The van der Waals surface area contributed by atoms with Crippen LogP contribution in [0.4, 0.5) is 11.4 Å². The molecule has 0 unspecified atom stereocenters. The minimum atomic E-state index is -0.637. The van der Waals surface area contributed by atoms with E-state index < -0.39 is 11.8 Å². The average Bonchev–Trinajstić information content (AvgIpc) is 2.48. The van der Waals surface area contributed by atoms with Crippen LogP contribution in [0.1, 0.15) is 27.2 Å². The molecule has 0 heterocycles. The van der Waals surface area contributed by atoms with E-state index in [1.165, 1.54) is 4.90 Å². The minimum Gasteiger partial charge on any atom is -0.348 e. The molecule has 0 bridgehead atoms. The second-order valence-corrected chi connectivity index (χ2v) is 4.36. The number of benzene rings is 1. The number of carbonyl (C=O) groups excluding carboxylic acids is 3. The molecular weight excluding hydrogens is 270 g/mol. The van der Waals surface area contributed by atoms with Crippen molar-refractivity contribution in [3.63, 3.8) is 0 Å². The molecule has 0 spiro atoms. The number of carbonyl (C=O) groups is 3. The number of likely N-dealkylation sites (N-methyl/N-ethyl adjacent to an activating group) is 2. The molecule has 6 heteroatoms. The molecule has 0 aromatic heterocycles. The number of nitrogens with zero attached hydrogens (tertiary/aromatic N) is 1. The molecule has 21 heavy (non-hydrogen) atoms. The molecule has 0 aliphatic rings. The van der Waals surface area contributed by atoms with Crippen LogP contribution in [-0.4, -0.2) is 30.8 Å². The second kappa shape index (κ2) is 8.04. The summed E-state index contributed by atoms with van der Waals surface area (Å²) in [7, 11) is 0. The van der Waals surface area contributed by atoms with E-state index in [9.17, 15) is 14.4 Å². The maximum atomic E-state index is 12.1.